The summed E-state index contributed by atoms with van der Waals surface area (Å²) in [5.74, 6) is 0.859. The lowest BCUT2D eigenvalue weighted by Crippen LogP contribution is -2.12. The number of rotatable bonds is 5. The van der Waals surface area contributed by atoms with Crippen LogP contribution in [0.2, 0.25) is 0 Å². The molecule has 0 aliphatic carbocycles. The maximum atomic E-state index is 5.15. The third-order valence-electron chi connectivity index (χ3n) is 3.04. The van der Waals surface area contributed by atoms with E-state index in [2.05, 4.69) is 39.7 Å². The molecule has 3 aromatic rings. The summed E-state index contributed by atoms with van der Waals surface area (Å²) in [5, 5.41) is 7.19. The molecule has 5 nitrogen and oxygen atoms in total. The Morgan fingerprint density at radius 1 is 1.20 bits per heavy atom. The van der Waals surface area contributed by atoms with Crippen LogP contribution in [0.1, 0.15) is 17.0 Å². The maximum absolute atomic E-state index is 5.15. The van der Waals surface area contributed by atoms with Gasteiger partial charge in [0.05, 0.1) is 18.6 Å². The SMILES string of the molecule is Cc1cc(CNCc2ccc(-n3ccnc3)cc2)on1. The van der Waals surface area contributed by atoms with E-state index in [1.54, 1.807) is 12.5 Å². The van der Waals surface area contributed by atoms with Gasteiger partial charge in [-0.1, -0.05) is 17.3 Å². The first-order valence-corrected chi connectivity index (χ1v) is 6.51. The van der Waals surface area contributed by atoms with Crippen molar-refractivity contribution in [2.45, 2.75) is 20.0 Å². The van der Waals surface area contributed by atoms with Crippen LogP contribution in [0.25, 0.3) is 5.69 Å². The summed E-state index contributed by atoms with van der Waals surface area (Å²) in [6.07, 6.45) is 5.49. The normalized spacial score (nSPS) is 10.8. The van der Waals surface area contributed by atoms with Crippen LogP contribution >= 0.6 is 0 Å². The van der Waals surface area contributed by atoms with Crippen molar-refractivity contribution in [2.75, 3.05) is 0 Å². The second-order valence-electron chi connectivity index (χ2n) is 4.67. The molecule has 0 saturated heterocycles. The summed E-state index contributed by atoms with van der Waals surface area (Å²) in [6, 6.07) is 10.3. The average molecular weight is 268 g/mol. The molecule has 3 rings (SSSR count). The van der Waals surface area contributed by atoms with Gasteiger partial charge in [-0.2, -0.15) is 0 Å². The number of aryl methyl sites for hydroxylation is 1. The summed E-state index contributed by atoms with van der Waals surface area (Å²) in [6.45, 7) is 3.40. The van der Waals surface area contributed by atoms with Crippen LogP contribution in [0.15, 0.2) is 53.6 Å². The molecule has 0 bridgehead atoms. The Morgan fingerprint density at radius 3 is 2.70 bits per heavy atom. The molecule has 0 atom stereocenters. The molecule has 0 unspecified atom stereocenters. The fourth-order valence-corrected chi connectivity index (χ4v) is 2.03. The van der Waals surface area contributed by atoms with Crippen LogP contribution in [0.4, 0.5) is 0 Å². The molecule has 20 heavy (non-hydrogen) atoms. The monoisotopic (exact) mass is 268 g/mol. The number of hydrogen-bond donors (Lipinski definition) is 1. The summed E-state index contributed by atoms with van der Waals surface area (Å²) < 4.78 is 7.13. The lowest BCUT2D eigenvalue weighted by molar-refractivity contribution is 0.369. The summed E-state index contributed by atoms with van der Waals surface area (Å²) in [5.41, 5.74) is 3.24. The van der Waals surface area contributed by atoms with Crippen LogP contribution in [-0.4, -0.2) is 14.7 Å². The number of aromatic nitrogens is 3. The van der Waals surface area contributed by atoms with E-state index in [0.717, 1.165) is 23.7 Å². The van der Waals surface area contributed by atoms with Crippen LogP contribution in [-0.2, 0) is 13.1 Å². The van der Waals surface area contributed by atoms with Crippen molar-refractivity contribution in [3.8, 4) is 5.69 Å². The van der Waals surface area contributed by atoms with Crippen molar-refractivity contribution >= 4 is 0 Å². The number of hydrogen-bond acceptors (Lipinski definition) is 4. The lowest BCUT2D eigenvalue weighted by atomic mass is 10.2. The third-order valence-corrected chi connectivity index (χ3v) is 3.04. The number of imidazole rings is 1. The zero-order valence-corrected chi connectivity index (χ0v) is 11.3. The Labute approximate surface area is 117 Å². The van der Waals surface area contributed by atoms with Gasteiger partial charge in [-0.3, -0.25) is 0 Å². The van der Waals surface area contributed by atoms with Crippen molar-refractivity contribution < 1.29 is 4.52 Å². The van der Waals surface area contributed by atoms with E-state index in [0.29, 0.717) is 6.54 Å². The minimum absolute atomic E-state index is 0.685. The molecular formula is C15H16N4O. The number of nitrogens with one attached hydrogen (secondary N) is 1. The fraction of sp³-hybridized carbons (Fsp3) is 0.200. The minimum atomic E-state index is 0.685. The van der Waals surface area contributed by atoms with Gasteiger partial charge in [-0.25, -0.2) is 4.98 Å². The topological polar surface area (TPSA) is 55.9 Å². The molecule has 0 spiro atoms. The van der Waals surface area contributed by atoms with Gasteiger partial charge in [0, 0.05) is 30.7 Å². The van der Waals surface area contributed by atoms with Gasteiger partial charge in [-0.15, -0.1) is 0 Å². The van der Waals surface area contributed by atoms with Crippen molar-refractivity contribution in [3.63, 3.8) is 0 Å². The first kappa shape index (κ1) is 12.6. The zero-order valence-electron chi connectivity index (χ0n) is 11.3. The first-order chi connectivity index (χ1) is 9.81. The van der Waals surface area contributed by atoms with E-state index in [9.17, 15) is 0 Å². The van der Waals surface area contributed by atoms with Crippen molar-refractivity contribution in [1.29, 1.82) is 0 Å². The van der Waals surface area contributed by atoms with Gasteiger partial charge in [0.1, 0.15) is 0 Å². The second kappa shape index (κ2) is 5.71. The molecular weight excluding hydrogens is 252 g/mol. The van der Waals surface area contributed by atoms with E-state index in [4.69, 9.17) is 4.52 Å². The van der Waals surface area contributed by atoms with Gasteiger partial charge in [0.2, 0.25) is 0 Å². The Balaban J connectivity index is 1.56. The Morgan fingerprint density at radius 2 is 2.05 bits per heavy atom. The van der Waals surface area contributed by atoms with Crippen molar-refractivity contribution in [1.82, 2.24) is 20.0 Å². The highest BCUT2D eigenvalue weighted by Gasteiger charge is 2.00. The molecule has 0 fully saturated rings. The van der Waals surface area contributed by atoms with E-state index in [1.165, 1.54) is 5.56 Å². The quantitative estimate of drug-likeness (QED) is 0.772. The highest BCUT2D eigenvalue weighted by molar-refractivity contribution is 5.34. The number of benzene rings is 1. The lowest BCUT2D eigenvalue weighted by Gasteiger charge is -2.05. The second-order valence-corrected chi connectivity index (χ2v) is 4.67. The molecule has 0 saturated carbocycles. The largest absolute Gasteiger partial charge is 0.360 e. The molecule has 0 amide bonds. The van der Waals surface area contributed by atoms with Crippen LogP contribution in [0, 0.1) is 6.92 Å². The third kappa shape index (κ3) is 2.95. The maximum Gasteiger partial charge on any atom is 0.150 e. The Hall–Kier alpha value is -2.40. The predicted molar refractivity (Wildman–Crippen MR) is 75.3 cm³/mol. The van der Waals surface area contributed by atoms with E-state index in [-0.39, 0.29) is 0 Å². The molecule has 0 aliphatic rings. The smallest absolute Gasteiger partial charge is 0.150 e. The van der Waals surface area contributed by atoms with Crippen molar-refractivity contribution in [2.24, 2.45) is 0 Å². The van der Waals surface area contributed by atoms with Gasteiger partial charge >= 0.3 is 0 Å². The van der Waals surface area contributed by atoms with E-state index >= 15 is 0 Å². The molecule has 2 heterocycles. The zero-order chi connectivity index (χ0) is 13.8. The molecule has 0 aliphatic heterocycles. The van der Waals surface area contributed by atoms with Gasteiger partial charge < -0.3 is 14.4 Å². The Bertz CT molecular complexity index is 656. The van der Waals surface area contributed by atoms with Crippen molar-refractivity contribution in [3.05, 3.63) is 66.1 Å². The van der Waals surface area contributed by atoms with Gasteiger partial charge in [0.15, 0.2) is 5.76 Å². The average Bonchev–Trinajstić information content (AvgIpc) is 3.11. The summed E-state index contributed by atoms with van der Waals surface area (Å²) in [7, 11) is 0. The summed E-state index contributed by atoms with van der Waals surface area (Å²) in [4.78, 5) is 4.04. The minimum Gasteiger partial charge on any atom is -0.360 e. The summed E-state index contributed by atoms with van der Waals surface area (Å²) >= 11 is 0. The first-order valence-electron chi connectivity index (χ1n) is 6.51. The van der Waals surface area contributed by atoms with Crippen LogP contribution in [0.5, 0.6) is 0 Å². The van der Waals surface area contributed by atoms with Gasteiger partial charge in [-0.05, 0) is 24.6 Å². The molecule has 2 aromatic heterocycles. The van der Waals surface area contributed by atoms with E-state index < -0.39 is 0 Å². The van der Waals surface area contributed by atoms with E-state index in [1.807, 2.05) is 23.8 Å². The predicted octanol–water partition coefficient (Wildman–Crippen LogP) is 2.46. The highest BCUT2D eigenvalue weighted by atomic mass is 16.5. The fourth-order valence-electron chi connectivity index (χ4n) is 2.03. The molecule has 1 N–H and O–H groups in total. The Kier molecular flexibility index (Phi) is 3.60. The highest BCUT2D eigenvalue weighted by Crippen LogP contribution is 2.09. The van der Waals surface area contributed by atoms with Crippen LogP contribution < -0.4 is 5.32 Å². The molecule has 1 aromatic carbocycles. The molecule has 5 heteroatoms. The standard InChI is InChI=1S/C15H16N4O/c1-12-8-15(20-18-12)10-17-9-13-2-4-14(5-3-13)19-7-6-16-11-19/h2-8,11,17H,9-10H2,1H3. The van der Waals surface area contributed by atoms with Crippen LogP contribution in [0.3, 0.4) is 0 Å². The number of nitrogens with zero attached hydrogens (tertiary/aromatic N) is 3. The molecule has 102 valence electrons. The molecule has 0 radical (unpaired) electrons. The van der Waals surface area contributed by atoms with Gasteiger partial charge in [0.25, 0.3) is 0 Å².